The number of ether oxygens (including phenoxy) is 1. The van der Waals surface area contributed by atoms with Crippen molar-refractivity contribution in [3.63, 3.8) is 0 Å². The number of amidine groups is 1. The lowest BCUT2D eigenvalue weighted by molar-refractivity contribution is 0.0683. The van der Waals surface area contributed by atoms with Gasteiger partial charge in [-0.2, -0.15) is 5.10 Å². The highest BCUT2D eigenvalue weighted by Crippen LogP contribution is 2.31. The van der Waals surface area contributed by atoms with E-state index in [2.05, 4.69) is 4.40 Å². The molecule has 1 aromatic heterocycles. The molecule has 0 amide bonds. The summed E-state index contributed by atoms with van der Waals surface area (Å²) in [5.74, 6) is 0.259. The molecule has 2 aromatic carbocycles. The van der Waals surface area contributed by atoms with Crippen LogP contribution in [0.4, 0.5) is 0 Å². The average Bonchev–Trinajstić information content (AvgIpc) is 3.17. The van der Waals surface area contributed by atoms with Gasteiger partial charge in [0, 0.05) is 28.7 Å². The largest absolute Gasteiger partial charge is 0.378 e. The molecular weight excluding hydrogens is 495 g/mol. The summed E-state index contributed by atoms with van der Waals surface area (Å²) in [4.78, 5) is 1.85. The number of nitrogens with zero attached hydrogens (tertiary/aromatic N) is 4. The van der Waals surface area contributed by atoms with Gasteiger partial charge in [0.25, 0.3) is 10.0 Å². The molecule has 1 saturated heterocycles. The Morgan fingerprint density at radius 2 is 1.66 bits per heavy atom. The highest BCUT2D eigenvalue weighted by molar-refractivity contribution is 7.89. The molecule has 0 radical (unpaired) electrons. The molecular formula is C21H19Cl3N4O3S. The van der Waals surface area contributed by atoms with Crippen LogP contribution in [0.1, 0.15) is 5.69 Å². The first-order valence-corrected chi connectivity index (χ1v) is 12.6. The molecule has 0 aliphatic carbocycles. The topological polar surface area (TPSA) is 76.8 Å². The van der Waals surface area contributed by atoms with Crippen LogP contribution in [0, 0.1) is 0 Å². The SMILES string of the molecule is CS(=O)(=O)N=C(c1cc(-c2ccc(Cl)cc2)n(-c2ccc(Cl)cc2Cl)n1)N1CCOCC1. The summed E-state index contributed by atoms with van der Waals surface area (Å²) in [5.41, 5.74) is 2.50. The Morgan fingerprint density at radius 1 is 1.00 bits per heavy atom. The highest BCUT2D eigenvalue weighted by atomic mass is 35.5. The van der Waals surface area contributed by atoms with Gasteiger partial charge in [-0.3, -0.25) is 0 Å². The quantitative estimate of drug-likeness (QED) is 0.378. The van der Waals surface area contributed by atoms with Crippen LogP contribution < -0.4 is 0 Å². The maximum absolute atomic E-state index is 12.1. The number of sulfonamides is 1. The average molecular weight is 514 g/mol. The Morgan fingerprint density at radius 3 is 2.28 bits per heavy atom. The van der Waals surface area contributed by atoms with Gasteiger partial charge in [0.1, 0.15) is 5.69 Å². The van der Waals surface area contributed by atoms with E-state index in [9.17, 15) is 8.42 Å². The van der Waals surface area contributed by atoms with E-state index in [-0.39, 0.29) is 5.84 Å². The minimum atomic E-state index is -3.68. The number of halogens is 3. The Balaban J connectivity index is 1.92. The summed E-state index contributed by atoms with van der Waals surface area (Å²) in [5, 5.41) is 6.19. The van der Waals surface area contributed by atoms with Gasteiger partial charge < -0.3 is 9.64 Å². The maximum atomic E-state index is 12.1. The molecule has 1 fully saturated rings. The van der Waals surface area contributed by atoms with Gasteiger partial charge in [0.15, 0.2) is 5.84 Å². The van der Waals surface area contributed by atoms with E-state index in [0.717, 1.165) is 11.8 Å². The van der Waals surface area contributed by atoms with Crippen LogP contribution in [0.2, 0.25) is 15.1 Å². The van der Waals surface area contributed by atoms with E-state index < -0.39 is 10.0 Å². The molecule has 0 saturated carbocycles. The molecule has 2 heterocycles. The van der Waals surface area contributed by atoms with E-state index in [0.29, 0.717) is 58.4 Å². The first-order chi connectivity index (χ1) is 15.2. The van der Waals surface area contributed by atoms with Crippen LogP contribution >= 0.6 is 34.8 Å². The summed E-state index contributed by atoms with van der Waals surface area (Å²) in [6.45, 7) is 1.94. The second kappa shape index (κ2) is 9.41. The number of rotatable bonds is 4. The van der Waals surface area contributed by atoms with Gasteiger partial charge in [-0.15, -0.1) is 4.40 Å². The summed E-state index contributed by atoms with van der Waals surface area (Å²) >= 11 is 18.6. The number of aromatic nitrogens is 2. The molecule has 11 heteroatoms. The van der Waals surface area contributed by atoms with Crippen molar-refractivity contribution < 1.29 is 13.2 Å². The third kappa shape index (κ3) is 5.27. The molecule has 3 aromatic rings. The molecule has 0 atom stereocenters. The Labute approximate surface area is 201 Å². The summed E-state index contributed by atoms with van der Waals surface area (Å²) in [6.07, 6.45) is 1.06. The summed E-state index contributed by atoms with van der Waals surface area (Å²) < 4.78 is 35.2. The molecule has 1 aliphatic heterocycles. The van der Waals surface area contributed by atoms with Crippen LogP contribution in [0.3, 0.4) is 0 Å². The van der Waals surface area contributed by atoms with Gasteiger partial charge in [0.05, 0.1) is 35.9 Å². The molecule has 7 nitrogen and oxygen atoms in total. The van der Waals surface area contributed by atoms with Gasteiger partial charge >= 0.3 is 0 Å². The monoisotopic (exact) mass is 512 g/mol. The molecule has 0 unspecified atom stereocenters. The molecule has 1 aliphatic rings. The molecule has 0 bridgehead atoms. The van der Waals surface area contributed by atoms with Crippen molar-refractivity contribution in [2.45, 2.75) is 0 Å². The van der Waals surface area contributed by atoms with Gasteiger partial charge in [0.2, 0.25) is 0 Å². The lowest BCUT2D eigenvalue weighted by Crippen LogP contribution is -2.41. The normalized spacial score (nSPS) is 15.2. The summed E-state index contributed by atoms with van der Waals surface area (Å²) in [7, 11) is -3.68. The van der Waals surface area contributed by atoms with Crippen molar-refractivity contribution in [1.82, 2.24) is 14.7 Å². The van der Waals surface area contributed by atoms with Crippen LogP contribution in [-0.4, -0.2) is 61.5 Å². The van der Waals surface area contributed by atoms with Crippen LogP contribution in [0.15, 0.2) is 52.9 Å². The fourth-order valence-electron chi connectivity index (χ4n) is 3.35. The molecule has 4 rings (SSSR count). The number of hydrogen-bond donors (Lipinski definition) is 0. The van der Waals surface area contributed by atoms with E-state index in [1.165, 1.54) is 0 Å². The number of morpholine rings is 1. The zero-order valence-electron chi connectivity index (χ0n) is 17.0. The minimum Gasteiger partial charge on any atom is -0.378 e. The van der Waals surface area contributed by atoms with E-state index in [1.54, 1.807) is 41.1 Å². The van der Waals surface area contributed by atoms with Crippen molar-refractivity contribution in [1.29, 1.82) is 0 Å². The second-order valence-corrected chi connectivity index (χ2v) is 10.1. The Hall–Kier alpha value is -2.10. The predicted molar refractivity (Wildman–Crippen MR) is 128 cm³/mol. The van der Waals surface area contributed by atoms with Crippen molar-refractivity contribution in [3.8, 4) is 16.9 Å². The Bertz CT molecular complexity index is 1270. The molecule has 168 valence electrons. The highest BCUT2D eigenvalue weighted by Gasteiger charge is 2.24. The third-order valence-electron chi connectivity index (χ3n) is 4.78. The maximum Gasteiger partial charge on any atom is 0.252 e. The number of hydrogen-bond acceptors (Lipinski definition) is 4. The smallest absolute Gasteiger partial charge is 0.252 e. The molecule has 0 spiro atoms. The lowest BCUT2D eigenvalue weighted by atomic mass is 10.1. The van der Waals surface area contributed by atoms with Gasteiger partial charge in [-0.05, 0) is 36.4 Å². The zero-order chi connectivity index (χ0) is 22.9. The van der Waals surface area contributed by atoms with Crippen LogP contribution in [0.5, 0.6) is 0 Å². The molecule has 32 heavy (non-hydrogen) atoms. The minimum absolute atomic E-state index is 0.259. The third-order valence-corrected chi connectivity index (χ3v) is 6.07. The molecule has 0 N–H and O–H groups in total. The van der Waals surface area contributed by atoms with Crippen molar-refractivity contribution in [3.05, 3.63) is 69.3 Å². The van der Waals surface area contributed by atoms with E-state index in [4.69, 9.17) is 44.6 Å². The van der Waals surface area contributed by atoms with Gasteiger partial charge in [-0.1, -0.05) is 46.9 Å². The Kier molecular flexibility index (Phi) is 6.78. The van der Waals surface area contributed by atoms with Crippen molar-refractivity contribution >= 4 is 50.7 Å². The summed E-state index contributed by atoms with van der Waals surface area (Å²) in [6, 6.07) is 14.1. The van der Waals surface area contributed by atoms with E-state index >= 15 is 0 Å². The first-order valence-electron chi connectivity index (χ1n) is 9.66. The number of benzene rings is 2. The van der Waals surface area contributed by atoms with Gasteiger partial charge in [-0.25, -0.2) is 13.1 Å². The fraction of sp³-hybridized carbons (Fsp3) is 0.238. The van der Waals surface area contributed by atoms with Crippen molar-refractivity contribution in [2.75, 3.05) is 32.6 Å². The predicted octanol–water partition coefficient (Wildman–Crippen LogP) is 4.54. The second-order valence-electron chi connectivity index (χ2n) is 7.18. The van der Waals surface area contributed by atoms with Crippen LogP contribution in [-0.2, 0) is 14.8 Å². The lowest BCUT2D eigenvalue weighted by Gasteiger charge is -2.28. The van der Waals surface area contributed by atoms with Crippen molar-refractivity contribution in [2.24, 2.45) is 4.40 Å². The zero-order valence-corrected chi connectivity index (χ0v) is 20.1. The first kappa shape index (κ1) is 23.1. The van der Waals surface area contributed by atoms with E-state index in [1.807, 2.05) is 17.0 Å². The van der Waals surface area contributed by atoms with Crippen LogP contribution in [0.25, 0.3) is 16.9 Å². The standard InChI is InChI=1S/C21H19Cl3N4O3S/c1-32(29,30)26-21(27-8-10-31-11-9-27)18-13-20(14-2-4-15(22)5-3-14)28(25-18)19-7-6-16(23)12-17(19)24/h2-7,12-13H,8-11H2,1H3. The fourth-order valence-corrected chi connectivity index (χ4v) is 4.49.